The van der Waals surface area contributed by atoms with Gasteiger partial charge in [0.15, 0.2) is 0 Å². The van der Waals surface area contributed by atoms with E-state index in [0.717, 1.165) is 18.7 Å². The Balaban J connectivity index is 2.09. The monoisotopic (exact) mass is 261 g/mol. The van der Waals surface area contributed by atoms with Crippen molar-refractivity contribution in [3.8, 4) is 5.75 Å². The summed E-state index contributed by atoms with van der Waals surface area (Å²) in [6.45, 7) is 5.51. The lowest BCUT2D eigenvalue weighted by Gasteiger charge is -2.22. The molecule has 2 nitrogen and oxygen atoms in total. The van der Waals surface area contributed by atoms with Crippen molar-refractivity contribution in [2.45, 2.75) is 64.5 Å². The number of ether oxygens (including phenoxy) is 1. The van der Waals surface area contributed by atoms with Gasteiger partial charge in [-0.1, -0.05) is 32.0 Å². The zero-order chi connectivity index (χ0) is 13.5. The number of para-hydroxylation sites is 1. The van der Waals surface area contributed by atoms with Crippen LogP contribution in [0.5, 0.6) is 5.75 Å². The van der Waals surface area contributed by atoms with E-state index >= 15 is 0 Å². The fraction of sp³-hybridized carbons (Fsp3) is 0.647. The molecule has 0 amide bonds. The summed E-state index contributed by atoms with van der Waals surface area (Å²) < 4.78 is 6.23. The first-order valence-corrected chi connectivity index (χ1v) is 7.84. The van der Waals surface area contributed by atoms with Crippen molar-refractivity contribution in [1.82, 2.24) is 5.32 Å². The molecule has 1 aromatic rings. The highest BCUT2D eigenvalue weighted by molar-refractivity contribution is 5.36. The number of hydrogen-bond donors (Lipinski definition) is 1. The topological polar surface area (TPSA) is 21.3 Å². The van der Waals surface area contributed by atoms with Gasteiger partial charge in [0.1, 0.15) is 5.75 Å². The third-order valence-electron chi connectivity index (χ3n) is 3.94. The molecule has 0 radical (unpaired) electrons. The zero-order valence-electron chi connectivity index (χ0n) is 12.3. The molecule has 1 N–H and O–H groups in total. The average Bonchev–Trinajstić information content (AvgIpc) is 2.94. The van der Waals surface area contributed by atoms with Crippen LogP contribution in [0, 0.1) is 0 Å². The second-order valence-corrected chi connectivity index (χ2v) is 5.48. The molecule has 0 saturated heterocycles. The van der Waals surface area contributed by atoms with Gasteiger partial charge in [0.25, 0.3) is 0 Å². The van der Waals surface area contributed by atoms with Gasteiger partial charge in [0.05, 0.1) is 6.10 Å². The second-order valence-electron chi connectivity index (χ2n) is 5.48. The Bertz CT molecular complexity index is 371. The van der Waals surface area contributed by atoms with E-state index < -0.39 is 0 Å². The average molecular weight is 261 g/mol. The molecule has 1 saturated carbocycles. The van der Waals surface area contributed by atoms with E-state index in [9.17, 15) is 0 Å². The summed E-state index contributed by atoms with van der Waals surface area (Å²) >= 11 is 0. The molecule has 1 aromatic carbocycles. The molecule has 0 heterocycles. The molecule has 2 rings (SSSR count). The summed E-state index contributed by atoms with van der Waals surface area (Å²) in [7, 11) is 0. The summed E-state index contributed by atoms with van der Waals surface area (Å²) in [5.41, 5.74) is 1.32. The normalized spacial score (nSPS) is 17.6. The molecular weight excluding hydrogens is 234 g/mol. The van der Waals surface area contributed by atoms with Crippen LogP contribution in [0.3, 0.4) is 0 Å². The van der Waals surface area contributed by atoms with Crippen LogP contribution in [-0.4, -0.2) is 12.6 Å². The molecule has 2 heteroatoms. The van der Waals surface area contributed by atoms with E-state index in [1.165, 1.54) is 37.7 Å². The van der Waals surface area contributed by atoms with Crippen molar-refractivity contribution in [3.63, 3.8) is 0 Å². The van der Waals surface area contributed by atoms with E-state index in [2.05, 4.69) is 43.4 Å². The van der Waals surface area contributed by atoms with Crippen LogP contribution in [0.15, 0.2) is 24.3 Å². The summed E-state index contributed by atoms with van der Waals surface area (Å²) in [6, 6.07) is 8.95. The summed E-state index contributed by atoms with van der Waals surface area (Å²) in [6.07, 6.45) is 7.77. The van der Waals surface area contributed by atoms with Crippen molar-refractivity contribution >= 4 is 0 Å². The predicted octanol–water partition coefficient (Wildman–Crippen LogP) is 4.46. The van der Waals surface area contributed by atoms with Crippen LogP contribution in [0.4, 0.5) is 0 Å². The largest absolute Gasteiger partial charge is 0.490 e. The summed E-state index contributed by atoms with van der Waals surface area (Å²) in [5.74, 6) is 1.09. The molecule has 0 aliphatic heterocycles. The van der Waals surface area contributed by atoms with Crippen LogP contribution in [-0.2, 0) is 0 Å². The number of hydrogen-bond acceptors (Lipinski definition) is 2. The zero-order valence-corrected chi connectivity index (χ0v) is 12.3. The van der Waals surface area contributed by atoms with Gasteiger partial charge >= 0.3 is 0 Å². The lowest BCUT2D eigenvalue weighted by Crippen LogP contribution is -2.23. The molecular formula is C17H27NO. The number of benzene rings is 1. The highest BCUT2D eigenvalue weighted by atomic mass is 16.5. The van der Waals surface area contributed by atoms with Crippen LogP contribution in [0.1, 0.15) is 64.0 Å². The lowest BCUT2D eigenvalue weighted by atomic mass is 10.0. The quantitative estimate of drug-likeness (QED) is 0.782. The van der Waals surface area contributed by atoms with Crippen LogP contribution in [0.25, 0.3) is 0 Å². The Kier molecular flexibility index (Phi) is 5.71. The summed E-state index contributed by atoms with van der Waals surface area (Å²) in [4.78, 5) is 0. The molecule has 0 spiro atoms. The minimum absolute atomic E-state index is 0.414. The molecule has 19 heavy (non-hydrogen) atoms. The van der Waals surface area contributed by atoms with E-state index in [1.54, 1.807) is 0 Å². The van der Waals surface area contributed by atoms with E-state index in [1.807, 2.05) is 0 Å². The highest BCUT2D eigenvalue weighted by Gasteiger charge is 2.20. The number of nitrogens with one attached hydrogen (secondary N) is 1. The van der Waals surface area contributed by atoms with Crippen LogP contribution >= 0.6 is 0 Å². The first-order chi connectivity index (χ1) is 9.35. The van der Waals surface area contributed by atoms with Gasteiger partial charge in [-0.05, 0) is 51.1 Å². The lowest BCUT2D eigenvalue weighted by molar-refractivity contribution is 0.206. The van der Waals surface area contributed by atoms with Crippen molar-refractivity contribution in [3.05, 3.63) is 29.8 Å². The molecule has 0 aromatic heterocycles. The van der Waals surface area contributed by atoms with Crippen molar-refractivity contribution < 1.29 is 4.74 Å². The Hall–Kier alpha value is -1.02. The minimum Gasteiger partial charge on any atom is -0.490 e. The van der Waals surface area contributed by atoms with Gasteiger partial charge in [-0.25, -0.2) is 0 Å². The van der Waals surface area contributed by atoms with E-state index in [4.69, 9.17) is 4.74 Å². The molecule has 0 bridgehead atoms. The van der Waals surface area contributed by atoms with Crippen LogP contribution < -0.4 is 10.1 Å². The maximum Gasteiger partial charge on any atom is 0.124 e. The van der Waals surface area contributed by atoms with Gasteiger partial charge in [0, 0.05) is 11.6 Å². The first-order valence-electron chi connectivity index (χ1n) is 7.84. The molecule has 1 unspecified atom stereocenters. The van der Waals surface area contributed by atoms with Crippen molar-refractivity contribution in [1.29, 1.82) is 0 Å². The van der Waals surface area contributed by atoms with Gasteiger partial charge in [-0.2, -0.15) is 0 Å². The Morgan fingerprint density at radius 2 is 1.95 bits per heavy atom. The Morgan fingerprint density at radius 1 is 1.21 bits per heavy atom. The van der Waals surface area contributed by atoms with Crippen molar-refractivity contribution in [2.24, 2.45) is 0 Å². The third kappa shape index (κ3) is 3.97. The maximum atomic E-state index is 6.23. The smallest absolute Gasteiger partial charge is 0.124 e. The third-order valence-corrected chi connectivity index (χ3v) is 3.94. The van der Waals surface area contributed by atoms with Gasteiger partial charge in [0.2, 0.25) is 0 Å². The predicted molar refractivity (Wildman–Crippen MR) is 80.7 cm³/mol. The molecule has 1 aliphatic rings. The minimum atomic E-state index is 0.414. The fourth-order valence-corrected chi connectivity index (χ4v) is 2.85. The molecule has 1 fully saturated rings. The second kappa shape index (κ2) is 7.54. The van der Waals surface area contributed by atoms with E-state index in [-0.39, 0.29) is 0 Å². The van der Waals surface area contributed by atoms with Crippen molar-refractivity contribution in [2.75, 3.05) is 6.54 Å². The van der Waals surface area contributed by atoms with Gasteiger partial charge in [-0.3, -0.25) is 0 Å². The Morgan fingerprint density at radius 3 is 2.63 bits per heavy atom. The van der Waals surface area contributed by atoms with Gasteiger partial charge in [-0.15, -0.1) is 0 Å². The molecule has 1 aliphatic carbocycles. The number of rotatable bonds is 7. The maximum absolute atomic E-state index is 6.23. The van der Waals surface area contributed by atoms with Gasteiger partial charge < -0.3 is 10.1 Å². The Labute approximate surface area is 117 Å². The highest BCUT2D eigenvalue weighted by Crippen LogP contribution is 2.31. The fourth-order valence-electron chi connectivity index (χ4n) is 2.85. The SMILES string of the molecule is CCCNC(CC)c1ccccc1OC1CCCC1. The first kappa shape index (κ1) is 14.4. The molecule has 106 valence electrons. The van der Waals surface area contributed by atoms with E-state index in [0.29, 0.717) is 12.1 Å². The standard InChI is InChI=1S/C17H27NO/c1-3-13-18-16(4-2)15-11-7-8-12-17(15)19-14-9-5-6-10-14/h7-8,11-12,14,16,18H,3-6,9-10,13H2,1-2H3. The molecule has 1 atom stereocenters. The summed E-state index contributed by atoms with van der Waals surface area (Å²) in [5, 5.41) is 3.62. The van der Waals surface area contributed by atoms with Crippen LogP contribution in [0.2, 0.25) is 0 Å².